The van der Waals surface area contributed by atoms with Crippen LogP contribution in [0.3, 0.4) is 0 Å². The van der Waals surface area contributed by atoms with E-state index in [-0.39, 0.29) is 16.5 Å². The van der Waals surface area contributed by atoms with Gasteiger partial charge in [0.05, 0.1) is 17.5 Å². The number of hydrogen-bond acceptors (Lipinski definition) is 7. The van der Waals surface area contributed by atoms with Crippen LogP contribution in [0.15, 0.2) is 39.4 Å². The summed E-state index contributed by atoms with van der Waals surface area (Å²) in [6.07, 6.45) is 1.11. The number of carboxylic acids is 1. The van der Waals surface area contributed by atoms with Gasteiger partial charge in [-0.15, -0.1) is 5.10 Å². The number of benzene rings is 1. The lowest BCUT2D eigenvalue weighted by atomic mass is 10.2. The maximum absolute atomic E-state index is 12.0. The lowest BCUT2D eigenvalue weighted by Gasteiger charge is -2.10. The van der Waals surface area contributed by atoms with Crippen LogP contribution >= 0.6 is 11.8 Å². The van der Waals surface area contributed by atoms with Gasteiger partial charge in [-0.1, -0.05) is 23.9 Å². The first-order valence-corrected chi connectivity index (χ1v) is 9.35. The predicted octanol–water partition coefficient (Wildman–Crippen LogP) is 0.333. The number of thioether (sulfide) groups is 1. The number of sulfonamides is 1. The summed E-state index contributed by atoms with van der Waals surface area (Å²) in [5.74, 6) is -1.48. The highest BCUT2D eigenvalue weighted by Crippen LogP contribution is 2.22. The third-order valence-corrected chi connectivity index (χ3v) is 6.05. The summed E-state index contributed by atoms with van der Waals surface area (Å²) < 4.78 is 25.0. The molecular weight excluding hydrogens is 368 g/mol. The first-order valence-electron chi connectivity index (χ1n) is 7.03. The van der Waals surface area contributed by atoms with E-state index in [9.17, 15) is 18.0 Å². The highest BCUT2D eigenvalue weighted by molar-refractivity contribution is 8.15. The first kappa shape index (κ1) is 19.1. The SMILES string of the molecule is CN(C)S(=O)(=O)c1ccc(C=NN=C2NC(=O)C(CC(=O)O)S2)cc1. The molecule has 1 heterocycles. The van der Waals surface area contributed by atoms with Crippen molar-refractivity contribution in [3.05, 3.63) is 29.8 Å². The number of carboxylic acid groups (broad SMARTS) is 1. The summed E-state index contributed by atoms with van der Waals surface area (Å²) in [4.78, 5) is 22.4. The van der Waals surface area contributed by atoms with Gasteiger partial charge in [-0.05, 0) is 17.7 Å². The molecule has 9 nitrogen and oxygen atoms in total. The van der Waals surface area contributed by atoms with Crippen LogP contribution in [0.1, 0.15) is 12.0 Å². The average molecular weight is 384 g/mol. The van der Waals surface area contributed by atoms with Crippen LogP contribution < -0.4 is 5.32 Å². The summed E-state index contributed by atoms with van der Waals surface area (Å²) in [6.45, 7) is 0. The van der Waals surface area contributed by atoms with Gasteiger partial charge in [0.25, 0.3) is 0 Å². The molecule has 0 aliphatic carbocycles. The van der Waals surface area contributed by atoms with Crippen molar-refractivity contribution in [3.8, 4) is 0 Å². The second-order valence-electron chi connectivity index (χ2n) is 5.20. The molecule has 1 atom stereocenters. The van der Waals surface area contributed by atoms with Gasteiger partial charge in [-0.3, -0.25) is 9.59 Å². The maximum atomic E-state index is 12.0. The molecule has 2 N–H and O–H groups in total. The molecule has 0 radical (unpaired) electrons. The number of nitrogens with one attached hydrogen (secondary N) is 1. The van der Waals surface area contributed by atoms with Crippen molar-refractivity contribution in [2.75, 3.05) is 14.1 Å². The van der Waals surface area contributed by atoms with Crippen molar-refractivity contribution in [2.45, 2.75) is 16.6 Å². The van der Waals surface area contributed by atoms with Gasteiger partial charge in [0.1, 0.15) is 5.25 Å². The van der Waals surface area contributed by atoms with E-state index in [2.05, 4.69) is 15.5 Å². The Morgan fingerprint density at radius 2 is 2.00 bits per heavy atom. The summed E-state index contributed by atoms with van der Waals surface area (Å²) in [6, 6.07) is 6.07. The topological polar surface area (TPSA) is 128 Å². The fraction of sp³-hybridized carbons (Fsp3) is 0.286. The number of amidine groups is 1. The molecule has 0 bridgehead atoms. The fourth-order valence-electron chi connectivity index (χ4n) is 1.83. The minimum absolute atomic E-state index is 0.163. The number of rotatable bonds is 6. The predicted molar refractivity (Wildman–Crippen MR) is 94.1 cm³/mol. The number of carbonyl (C=O) groups excluding carboxylic acids is 1. The molecular formula is C14H16N4O5S2. The van der Waals surface area contributed by atoms with Crippen molar-refractivity contribution >= 4 is 45.0 Å². The molecule has 134 valence electrons. The van der Waals surface area contributed by atoms with Crippen LogP contribution in [0.2, 0.25) is 0 Å². The van der Waals surface area contributed by atoms with Crippen LogP contribution in [-0.2, 0) is 19.6 Å². The summed E-state index contributed by atoms with van der Waals surface area (Å²) >= 11 is 1.00. The van der Waals surface area contributed by atoms with Crippen molar-refractivity contribution in [3.63, 3.8) is 0 Å². The standard InChI is InChI=1S/C14H16N4O5S2/c1-18(2)25(22,23)10-5-3-9(4-6-10)8-15-17-14-16-13(21)11(24-14)7-12(19)20/h3-6,8,11H,7H2,1-2H3,(H,19,20)(H,16,17,21). The van der Waals surface area contributed by atoms with Gasteiger partial charge in [0.2, 0.25) is 15.9 Å². The zero-order valence-corrected chi connectivity index (χ0v) is 15.0. The zero-order chi connectivity index (χ0) is 18.6. The third kappa shape index (κ3) is 4.87. The smallest absolute Gasteiger partial charge is 0.305 e. The number of amides is 1. The fourth-order valence-corrected chi connectivity index (χ4v) is 3.65. The molecule has 2 rings (SSSR count). The molecule has 1 amide bonds. The lowest BCUT2D eigenvalue weighted by Crippen LogP contribution is -2.26. The molecule has 1 aromatic rings. The van der Waals surface area contributed by atoms with Gasteiger partial charge < -0.3 is 10.4 Å². The van der Waals surface area contributed by atoms with Crippen LogP contribution in [0.4, 0.5) is 0 Å². The van der Waals surface area contributed by atoms with E-state index in [1.165, 1.54) is 32.4 Å². The molecule has 0 spiro atoms. The van der Waals surface area contributed by atoms with E-state index >= 15 is 0 Å². The zero-order valence-electron chi connectivity index (χ0n) is 13.4. The van der Waals surface area contributed by atoms with E-state index in [1.807, 2.05) is 0 Å². The van der Waals surface area contributed by atoms with E-state index < -0.39 is 27.1 Å². The van der Waals surface area contributed by atoms with E-state index in [1.54, 1.807) is 12.1 Å². The van der Waals surface area contributed by atoms with Crippen molar-refractivity contribution < 1.29 is 23.1 Å². The van der Waals surface area contributed by atoms with Gasteiger partial charge >= 0.3 is 5.97 Å². The molecule has 1 aliphatic heterocycles. The Morgan fingerprint density at radius 3 is 2.56 bits per heavy atom. The van der Waals surface area contributed by atoms with E-state index in [0.29, 0.717) is 5.56 Å². The van der Waals surface area contributed by atoms with Gasteiger partial charge in [0.15, 0.2) is 5.17 Å². The van der Waals surface area contributed by atoms with Crippen LogP contribution in [-0.4, -0.2) is 60.4 Å². The number of hydrogen-bond donors (Lipinski definition) is 2. The monoisotopic (exact) mass is 384 g/mol. The molecule has 0 aromatic heterocycles. The second-order valence-corrected chi connectivity index (χ2v) is 8.54. The van der Waals surface area contributed by atoms with Crippen molar-refractivity contribution in [2.24, 2.45) is 10.2 Å². The molecule has 1 unspecified atom stereocenters. The molecule has 0 saturated carbocycles. The lowest BCUT2D eigenvalue weighted by molar-refractivity contribution is -0.138. The highest BCUT2D eigenvalue weighted by atomic mass is 32.2. The summed E-state index contributed by atoms with van der Waals surface area (Å²) in [5, 5.41) is 18.3. The Kier molecular flexibility index (Phi) is 5.93. The number of carbonyl (C=O) groups is 2. The second kappa shape index (κ2) is 7.76. The van der Waals surface area contributed by atoms with E-state index in [4.69, 9.17) is 5.11 Å². The molecule has 11 heteroatoms. The largest absolute Gasteiger partial charge is 0.481 e. The molecule has 1 fully saturated rings. The molecule has 1 saturated heterocycles. The quantitative estimate of drug-likeness (QED) is 0.537. The Labute approximate surface area is 148 Å². The average Bonchev–Trinajstić information content (AvgIpc) is 2.87. The van der Waals surface area contributed by atoms with Gasteiger partial charge in [0, 0.05) is 14.1 Å². The highest BCUT2D eigenvalue weighted by Gasteiger charge is 2.32. The molecule has 25 heavy (non-hydrogen) atoms. The maximum Gasteiger partial charge on any atom is 0.305 e. The Hall–Kier alpha value is -2.24. The van der Waals surface area contributed by atoms with Crippen LogP contribution in [0.25, 0.3) is 0 Å². The van der Waals surface area contributed by atoms with Gasteiger partial charge in [-0.25, -0.2) is 12.7 Å². The van der Waals surface area contributed by atoms with Gasteiger partial charge in [-0.2, -0.15) is 5.10 Å². The Morgan fingerprint density at radius 1 is 1.36 bits per heavy atom. The summed E-state index contributed by atoms with van der Waals surface area (Å²) in [5.41, 5.74) is 0.624. The Balaban J connectivity index is 2.03. The van der Waals surface area contributed by atoms with Crippen molar-refractivity contribution in [1.82, 2.24) is 9.62 Å². The van der Waals surface area contributed by atoms with E-state index in [0.717, 1.165) is 16.1 Å². The normalized spacial score (nSPS) is 19.7. The molecule has 1 aliphatic rings. The first-order chi connectivity index (χ1) is 11.7. The van der Waals surface area contributed by atoms with Crippen LogP contribution in [0, 0.1) is 0 Å². The van der Waals surface area contributed by atoms with Crippen molar-refractivity contribution in [1.29, 1.82) is 0 Å². The number of aliphatic carboxylic acids is 1. The summed E-state index contributed by atoms with van der Waals surface area (Å²) in [7, 11) is -0.586. The minimum Gasteiger partial charge on any atom is -0.481 e. The van der Waals surface area contributed by atoms with Crippen LogP contribution in [0.5, 0.6) is 0 Å². The third-order valence-electron chi connectivity index (χ3n) is 3.15. The number of nitrogens with zero attached hydrogens (tertiary/aromatic N) is 3. The molecule has 1 aromatic carbocycles. The Bertz CT molecular complexity index is 831. The minimum atomic E-state index is -3.49.